The second-order valence-corrected chi connectivity index (χ2v) is 9.61. The van der Waals surface area contributed by atoms with Gasteiger partial charge in [0.05, 0.1) is 11.0 Å². The van der Waals surface area contributed by atoms with E-state index in [0.29, 0.717) is 0 Å². The van der Waals surface area contributed by atoms with E-state index in [1.165, 1.54) is 0 Å². The molecule has 0 fully saturated rings. The maximum absolute atomic E-state index is 4.74. The normalized spacial score (nSPS) is 11.5. The molecule has 0 bridgehead atoms. The molecule has 0 amide bonds. The van der Waals surface area contributed by atoms with Crippen LogP contribution in [0.25, 0.3) is 33.2 Å². The fourth-order valence-corrected chi connectivity index (χ4v) is 4.45. The minimum atomic E-state index is -0.214. The van der Waals surface area contributed by atoms with Gasteiger partial charge in [-0.05, 0) is 44.3 Å². The summed E-state index contributed by atoms with van der Waals surface area (Å²) in [4.78, 5) is 2.26. The van der Waals surface area contributed by atoms with Crippen LogP contribution in [0.15, 0.2) is 97.3 Å². The van der Waals surface area contributed by atoms with Gasteiger partial charge in [0.2, 0.25) is 0 Å². The Morgan fingerprint density at radius 2 is 1.06 bits per heavy atom. The number of hydrogen-bond donors (Lipinski definition) is 0. The molecule has 6 aromatic rings. The summed E-state index contributed by atoms with van der Waals surface area (Å²) >= 11 is 0. The van der Waals surface area contributed by atoms with Gasteiger partial charge < -0.3 is 4.90 Å². The molecule has 0 N–H and O–H groups in total. The molecule has 0 saturated heterocycles. The van der Waals surface area contributed by atoms with Crippen molar-refractivity contribution in [1.29, 1.82) is 0 Å². The van der Waals surface area contributed by atoms with Gasteiger partial charge in [0, 0.05) is 28.7 Å². The van der Waals surface area contributed by atoms with Crippen LogP contribution in [0.3, 0.4) is 0 Å². The molecule has 0 spiro atoms. The molecule has 6 rings (SSSR count). The van der Waals surface area contributed by atoms with Gasteiger partial charge in [0.15, 0.2) is 0 Å². The SMILES string of the molecule is CC(C)(C)N(c1[c-]c(-n2cc3ccccc3n2)ccc1)c1[c-]c(-n2cc3ccccc3n2)ccc1.[Pt+2]. The Morgan fingerprint density at radius 1 is 0.611 bits per heavy atom. The third-order valence-electron chi connectivity index (χ3n) is 6.00. The first kappa shape index (κ1) is 24.0. The van der Waals surface area contributed by atoms with Crippen molar-refractivity contribution in [3.8, 4) is 11.4 Å². The third-order valence-corrected chi connectivity index (χ3v) is 6.00. The maximum atomic E-state index is 4.74. The van der Waals surface area contributed by atoms with Crippen molar-refractivity contribution >= 4 is 33.2 Å². The van der Waals surface area contributed by atoms with Crippen molar-refractivity contribution in [2.45, 2.75) is 26.3 Å². The van der Waals surface area contributed by atoms with Crippen molar-refractivity contribution in [2.75, 3.05) is 4.90 Å². The molecule has 0 saturated carbocycles. The van der Waals surface area contributed by atoms with E-state index in [4.69, 9.17) is 10.2 Å². The van der Waals surface area contributed by atoms with E-state index < -0.39 is 0 Å². The van der Waals surface area contributed by atoms with Crippen molar-refractivity contribution in [1.82, 2.24) is 19.6 Å². The van der Waals surface area contributed by atoms with E-state index >= 15 is 0 Å². The molecular weight excluding hydrogens is 625 g/mol. The molecule has 0 aliphatic rings. The number of nitrogens with zero attached hydrogens (tertiary/aromatic N) is 5. The molecule has 4 aromatic carbocycles. The Labute approximate surface area is 225 Å². The van der Waals surface area contributed by atoms with Gasteiger partial charge in [0.1, 0.15) is 0 Å². The summed E-state index contributed by atoms with van der Waals surface area (Å²) in [6, 6.07) is 35.8. The molecular formula is C30H25N5Pt. The van der Waals surface area contributed by atoms with Crippen LogP contribution in [0.4, 0.5) is 11.4 Å². The Kier molecular flexibility index (Phi) is 6.27. The Hall–Kier alpha value is -3.69. The number of rotatable bonds is 4. The fraction of sp³-hybridized carbons (Fsp3) is 0.133. The number of benzene rings is 4. The molecule has 5 nitrogen and oxygen atoms in total. The van der Waals surface area contributed by atoms with Gasteiger partial charge in [-0.1, -0.05) is 47.8 Å². The molecule has 0 aliphatic carbocycles. The van der Waals surface area contributed by atoms with Crippen LogP contribution in [0.5, 0.6) is 0 Å². The quantitative estimate of drug-likeness (QED) is 0.195. The number of aromatic nitrogens is 4. The minimum Gasteiger partial charge on any atom is -0.383 e. The fourth-order valence-electron chi connectivity index (χ4n) is 4.45. The zero-order chi connectivity index (χ0) is 24.0. The molecule has 0 aliphatic heterocycles. The average Bonchev–Trinajstić information content (AvgIpc) is 3.48. The summed E-state index contributed by atoms with van der Waals surface area (Å²) in [5.74, 6) is 0. The first-order valence-corrected chi connectivity index (χ1v) is 11.7. The minimum absolute atomic E-state index is 0. The monoisotopic (exact) mass is 650 g/mol. The third kappa shape index (κ3) is 4.47. The Bertz CT molecular complexity index is 1470. The number of fused-ring (bicyclic) bond motifs is 2. The summed E-state index contributed by atoms with van der Waals surface area (Å²) in [7, 11) is 0. The van der Waals surface area contributed by atoms with E-state index in [9.17, 15) is 0 Å². The van der Waals surface area contributed by atoms with Gasteiger partial charge >= 0.3 is 21.1 Å². The standard InChI is InChI=1S/C30H25N5.Pt/c1-30(2,3)35(26-14-8-12-24(18-26)33-20-22-10-4-6-16-28(22)31-33)27-15-9-13-25(19-27)34-21-23-11-5-7-17-29(23)32-34;/h4-17,20-21H,1-3H3;/q-2;+2. The summed E-state index contributed by atoms with van der Waals surface area (Å²) in [5.41, 5.74) is 5.40. The average molecular weight is 651 g/mol. The van der Waals surface area contributed by atoms with E-state index in [0.717, 1.165) is 44.6 Å². The first-order chi connectivity index (χ1) is 17.0. The van der Waals surface area contributed by atoms with Gasteiger partial charge in [-0.15, -0.1) is 36.4 Å². The van der Waals surface area contributed by atoms with Crippen LogP contribution < -0.4 is 4.90 Å². The largest absolute Gasteiger partial charge is 2.00 e. The van der Waals surface area contributed by atoms with Crippen LogP contribution in [-0.4, -0.2) is 25.1 Å². The Balaban J connectivity index is 0.00000267. The van der Waals surface area contributed by atoms with Crippen LogP contribution in [0, 0.1) is 12.1 Å². The summed E-state index contributed by atoms with van der Waals surface area (Å²) < 4.78 is 3.79. The zero-order valence-electron chi connectivity index (χ0n) is 20.3. The molecule has 36 heavy (non-hydrogen) atoms. The molecule has 2 aromatic heterocycles. The molecule has 6 heteroatoms. The second-order valence-electron chi connectivity index (χ2n) is 9.61. The van der Waals surface area contributed by atoms with Crippen molar-refractivity contribution < 1.29 is 21.1 Å². The van der Waals surface area contributed by atoms with Gasteiger partial charge in [-0.3, -0.25) is 9.36 Å². The molecule has 0 unspecified atom stereocenters. The van der Waals surface area contributed by atoms with E-state index in [1.54, 1.807) is 0 Å². The molecule has 2 heterocycles. The predicted octanol–water partition coefficient (Wildman–Crippen LogP) is 6.90. The summed E-state index contributed by atoms with van der Waals surface area (Å²) in [6.07, 6.45) is 4.09. The van der Waals surface area contributed by atoms with Crippen molar-refractivity contribution in [2.24, 2.45) is 0 Å². The van der Waals surface area contributed by atoms with Crippen molar-refractivity contribution in [3.63, 3.8) is 0 Å². The van der Waals surface area contributed by atoms with Crippen LogP contribution in [0.2, 0.25) is 0 Å². The topological polar surface area (TPSA) is 38.9 Å². The predicted molar refractivity (Wildman–Crippen MR) is 142 cm³/mol. The summed E-state index contributed by atoms with van der Waals surface area (Å²) in [6.45, 7) is 6.58. The number of hydrogen-bond acceptors (Lipinski definition) is 3. The summed E-state index contributed by atoms with van der Waals surface area (Å²) in [5, 5.41) is 11.7. The van der Waals surface area contributed by atoms with E-state index in [-0.39, 0.29) is 26.6 Å². The molecule has 180 valence electrons. The van der Waals surface area contributed by atoms with Crippen molar-refractivity contribution in [3.05, 3.63) is 109 Å². The maximum Gasteiger partial charge on any atom is 2.00 e. The second kappa shape index (κ2) is 9.40. The zero-order valence-corrected chi connectivity index (χ0v) is 22.6. The van der Waals surface area contributed by atoms with Gasteiger partial charge in [-0.2, -0.15) is 22.3 Å². The van der Waals surface area contributed by atoms with Gasteiger partial charge in [0.25, 0.3) is 0 Å². The van der Waals surface area contributed by atoms with E-state index in [1.807, 2.05) is 70.3 Å². The van der Waals surface area contributed by atoms with E-state index in [2.05, 4.69) is 74.2 Å². The molecule has 0 radical (unpaired) electrons. The van der Waals surface area contributed by atoms with Crippen LogP contribution in [-0.2, 0) is 21.1 Å². The van der Waals surface area contributed by atoms with Crippen LogP contribution >= 0.6 is 0 Å². The Morgan fingerprint density at radius 3 is 1.47 bits per heavy atom. The number of anilines is 2. The smallest absolute Gasteiger partial charge is 0.383 e. The van der Waals surface area contributed by atoms with Crippen LogP contribution in [0.1, 0.15) is 20.8 Å². The van der Waals surface area contributed by atoms with Gasteiger partial charge in [-0.25, -0.2) is 0 Å². The first-order valence-electron chi connectivity index (χ1n) is 11.7. The molecule has 0 atom stereocenters.